The van der Waals surface area contributed by atoms with Gasteiger partial charge in [0.25, 0.3) is 5.91 Å². The Hall–Kier alpha value is -2.66. The fourth-order valence-electron chi connectivity index (χ4n) is 2.48. The van der Waals surface area contributed by atoms with Crippen molar-refractivity contribution in [1.29, 1.82) is 0 Å². The number of carbonyl (C=O) groups excluding carboxylic acids is 1. The van der Waals surface area contributed by atoms with Crippen LogP contribution in [0.2, 0.25) is 5.02 Å². The van der Waals surface area contributed by atoms with Crippen LogP contribution in [-0.2, 0) is 0 Å². The minimum Gasteiger partial charge on any atom is -0.306 e. The summed E-state index contributed by atoms with van der Waals surface area (Å²) >= 11 is 5.92. The lowest BCUT2D eigenvalue weighted by Gasteiger charge is -2.19. The Morgan fingerprint density at radius 2 is 1.79 bits per heavy atom. The minimum absolute atomic E-state index is 0.174. The van der Waals surface area contributed by atoms with E-state index in [1.165, 1.54) is 0 Å². The average molecular weight is 341 g/mol. The van der Waals surface area contributed by atoms with Crippen molar-refractivity contribution in [3.8, 4) is 5.69 Å². The molecule has 24 heavy (non-hydrogen) atoms. The third-order valence-corrected chi connectivity index (χ3v) is 3.91. The van der Waals surface area contributed by atoms with E-state index in [1.807, 2.05) is 56.3 Å². The van der Waals surface area contributed by atoms with Gasteiger partial charge in [0, 0.05) is 17.3 Å². The van der Waals surface area contributed by atoms with Crippen molar-refractivity contribution in [2.24, 2.45) is 0 Å². The molecule has 0 aliphatic carbocycles. The Morgan fingerprint density at radius 1 is 1.12 bits per heavy atom. The van der Waals surface area contributed by atoms with Crippen LogP contribution in [0.15, 0.2) is 54.6 Å². The summed E-state index contributed by atoms with van der Waals surface area (Å²) in [6.07, 6.45) is 0. The molecule has 0 aliphatic rings. The van der Waals surface area contributed by atoms with Crippen LogP contribution in [0.25, 0.3) is 5.69 Å². The van der Waals surface area contributed by atoms with E-state index in [1.54, 1.807) is 21.7 Å². The van der Waals surface area contributed by atoms with Gasteiger partial charge in [-0.05, 0) is 50.2 Å². The van der Waals surface area contributed by atoms with Crippen LogP contribution >= 0.6 is 11.6 Å². The molecule has 0 atom stereocenters. The molecule has 0 bridgehead atoms. The van der Waals surface area contributed by atoms with Gasteiger partial charge in [0.05, 0.1) is 5.69 Å². The summed E-state index contributed by atoms with van der Waals surface area (Å²) in [4.78, 5) is 18.8. The number of rotatable bonds is 4. The standard InChI is InChI=1S/C18H17ClN4O/c1-3-22(15-7-5-4-6-8-15)18(24)17-20-13(2)23(21-17)16-11-9-14(19)10-12-16/h4-12H,3H2,1-2H3. The SMILES string of the molecule is CCN(C(=O)c1nc(C)n(-c2ccc(Cl)cc2)n1)c1ccccc1. The van der Waals surface area contributed by atoms with Gasteiger partial charge < -0.3 is 4.90 Å². The summed E-state index contributed by atoms with van der Waals surface area (Å²) < 4.78 is 1.64. The Labute approximate surface area is 145 Å². The first-order chi connectivity index (χ1) is 11.6. The van der Waals surface area contributed by atoms with Gasteiger partial charge >= 0.3 is 0 Å². The molecule has 3 aromatic rings. The number of hydrogen-bond donors (Lipinski definition) is 0. The third kappa shape index (κ3) is 3.16. The molecule has 1 heterocycles. The Balaban J connectivity index is 1.94. The van der Waals surface area contributed by atoms with E-state index in [2.05, 4.69) is 10.1 Å². The van der Waals surface area contributed by atoms with Gasteiger partial charge in [0.1, 0.15) is 5.82 Å². The molecule has 0 radical (unpaired) electrons. The molecule has 0 fully saturated rings. The van der Waals surface area contributed by atoms with Crippen LogP contribution in [0.4, 0.5) is 5.69 Å². The molecular formula is C18H17ClN4O. The van der Waals surface area contributed by atoms with E-state index in [0.29, 0.717) is 17.4 Å². The number of halogens is 1. The number of hydrogen-bond acceptors (Lipinski definition) is 3. The topological polar surface area (TPSA) is 51.0 Å². The Kier molecular flexibility index (Phi) is 4.62. The van der Waals surface area contributed by atoms with Crippen LogP contribution in [0.1, 0.15) is 23.4 Å². The average Bonchev–Trinajstić information content (AvgIpc) is 2.99. The smallest absolute Gasteiger partial charge is 0.297 e. The lowest BCUT2D eigenvalue weighted by molar-refractivity contribution is 0.0978. The zero-order chi connectivity index (χ0) is 17.1. The van der Waals surface area contributed by atoms with E-state index in [4.69, 9.17) is 11.6 Å². The van der Waals surface area contributed by atoms with Crippen molar-refractivity contribution in [2.45, 2.75) is 13.8 Å². The lowest BCUT2D eigenvalue weighted by atomic mass is 10.3. The first-order valence-corrected chi connectivity index (χ1v) is 8.04. The molecular weight excluding hydrogens is 324 g/mol. The van der Waals surface area contributed by atoms with Gasteiger partial charge in [0.15, 0.2) is 0 Å². The molecule has 122 valence electrons. The minimum atomic E-state index is -0.223. The molecule has 1 aromatic heterocycles. The predicted molar refractivity (Wildman–Crippen MR) is 94.9 cm³/mol. The lowest BCUT2D eigenvalue weighted by Crippen LogP contribution is -2.31. The van der Waals surface area contributed by atoms with E-state index in [0.717, 1.165) is 11.4 Å². The van der Waals surface area contributed by atoms with Crippen LogP contribution in [-0.4, -0.2) is 27.2 Å². The molecule has 0 N–H and O–H groups in total. The number of aryl methyl sites for hydroxylation is 1. The highest BCUT2D eigenvalue weighted by Gasteiger charge is 2.21. The fraction of sp³-hybridized carbons (Fsp3) is 0.167. The third-order valence-electron chi connectivity index (χ3n) is 3.66. The molecule has 0 unspecified atom stereocenters. The van der Waals surface area contributed by atoms with Crippen molar-refractivity contribution in [1.82, 2.24) is 14.8 Å². The molecule has 0 saturated carbocycles. The van der Waals surface area contributed by atoms with E-state index < -0.39 is 0 Å². The second-order valence-corrected chi connectivity index (χ2v) is 5.69. The quantitative estimate of drug-likeness (QED) is 0.723. The van der Waals surface area contributed by atoms with Crippen LogP contribution in [0.3, 0.4) is 0 Å². The van der Waals surface area contributed by atoms with Crippen molar-refractivity contribution in [2.75, 3.05) is 11.4 Å². The number of benzene rings is 2. The summed E-state index contributed by atoms with van der Waals surface area (Å²) in [5.41, 5.74) is 1.64. The molecule has 0 spiro atoms. The van der Waals surface area contributed by atoms with Gasteiger partial charge in [-0.3, -0.25) is 4.79 Å². The predicted octanol–water partition coefficient (Wildman–Crippen LogP) is 3.90. The monoisotopic (exact) mass is 340 g/mol. The number of para-hydroxylation sites is 1. The maximum absolute atomic E-state index is 12.8. The van der Waals surface area contributed by atoms with Crippen LogP contribution in [0, 0.1) is 6.92 Å². The van der Waals surface area contributed by atoms with Crippen LogP contribution in [0.5, 0.6) is 0 Å². The Bertz CT molecular complexity index is 843. The van der Waals surface area contributed by atoms with E-state index in [9.17, 15) is 4.79 Å². The summed E-state index contributed by atoms with van der Waals surface area (Å²) in [5.74, 6) is 0.595. The molecule has 1 amide bonds. The number of amides is 1. The summed E-state index contributed by atoms with van der Waals surface area (Å²) in [6.45, 7) is 4.28. The van der Waals surface area contributed by atoms with Gasteiger partial charge in [-0.15, -0.1) is 5.10 Å². The second-order valence-electron chi connectivity index (χ2n) is 5.26. The number of nitrogens with zero attached hydrogens (tertiary/aromatic N) is 4. The largest absolute Gasteiger partial charge is 0.306 e. The van der Waals surface area contributed by atoms with Crippen molar-refractivity contribution in [3.05, 3.63) is 71.3 Å². The molecule has 6 heteroatoms. The normalized spacial score (nSPS) is 10.6. The first-order valence-electron chi connectivity index (χ1n) is 7.66. The highest BCUT2D eigenvalue weighted by Crippen LogP contribution is 2.17. The maximum atomic E-state index is 12.8. The van der Waals surface area contributed by atoms with Crippen molar-refractivity contribution in [3.63, 3.8) is 0 Å². The Morgan fingerprint density at radius 3 is 2.42 bits per heavy atom. The first kappa shape index (κ1) is 16.2. The number of aromatic nitrogens is 3. The molecule has 2 aromatic carbocycles. The zero-order valence-electron chi connectivity index (χ0n) is 13.5. The molecule has 0 saturated heterocycles. The van der Waals surface area contributed by atoms with E-state index >= 15 is 0 Å². The summed E-state index contributed by atoms with van der Waals surface area (Å²) in [6, 6.07) is 16.7. The maximum Gasteiger partial charge on any atom is 0.297 e. The molecule has 3 rings (SSSR count). The van der Waals surface area contributed by atoms with E-state index in [-0.39, 0.29) is 11.7 Å². The van der Waals surface area contributed by atoms with Gasteiger partial charge in [-0.2, -0.15) is 0 Å². The van der Waals surface area contributed by atoms with Gasteiger partial charge in [-0.25, -0.2) is 9.67 Å². The summed E-state index contributed by atoms with van der Waals surface area (Å²) in [5, 5.41) is 5.02. The summed E-state index contributed by atoms with van der Waals surface area (Å²) in [7, 11) is 0. The molecule has 5 nitrogen and oxygen atoms in total. The highest BCUT2D eigenvalue weighted by molar-refractivity contribution is 6.30. The van der Waals surface area contributed by atoms with Crippen LogP contribution < -0.4 is 4.90 Å². The highest BCUT2D eigenvalue weighted by atomic mass is 35.5. The zero-order valence-corrected chi connectivity index (χ0v) is 14.2. The second kappa shape index (κ2) is 6.84. The van der Waals surface area contributed by atoms with Gasteiger partial charge in [-0.1, -0.05) is 29.8 Å². The van der Waals surface area contributed by atoms with Crippen molar-refractivity contribution < 1.29 is 4.79 Å². The molecule has 0 aliphatic heterocycles. The van der Waals surface area contributed by atoms with Gasteiger partial charge in [0.2, 0.25) is 5.82 Å². The fourth-order valence-corrected chi connectivity index (χ4v) is 2.61. The van der Waals surface area contributed by atoms with Crippen molar-refractivity contribution >= 4 is 23.2 Å². The number of carbonyl (C=O) groups is 1. The number of anilines is 1.